The van der Waals surface area contributed by atoms with Gasteiger partial charge in [-0.15, -0.1) is 0 Å². The van der Waals surface area contributed by atoms with Crippen molar-refractivity contribution in [3.63, 3.8) is 0 Å². The summed E-state index contributed by atoms with van der Waals surface area (Å²) in [7, 11) is 1.54. The maximum Gasteiger partial charge on any atom is 0.318 e. The van der Waals surface area contributed by atoms with Crippen LogP contribution in [-0.4, -0.2) is 31.4 Å². The van der Waals surface area contributed by atoms with E-state index >= 15 is 0 Å². The van der Waals surface area contributed by atoms with Gasteiger partial charge in [0.1, 0.15) is 12.4 Å². The highest BCUT2D eigenvalue weighted by Crippen LogP contribution is 2.66. The molecule has 25 heavy (non-hydrogen) atoms. The van der Waals surface area contributed by atoms with Crippen LogP contribution >= 0.6 is 0 Å². The summed E-state index contributed by atoms with van der Waals surface area (Å²) in [5.74, 6) is -1.76. The van der Waals surface area contributed by atoms with Crippen molar-refractivity contribution in [1.82, 2.24) is 0 Å². The largest absolute Gasteiger partial charge is 0.469 e. The van der Waals surface area contributed by atoms with Gasteiger partial charge in [0, 0.05) is 23.8 Å². The summed E-state index contributed by atoms with van der Waals surface area (Å²) in [6.45, 7) is 2.47. The Kier molecular flexibility index (Phi) is 2.88. The van der Waals surface area contributed by atoms with E-state index in [1.54, 1.807) is 0 Å². The summed E-state index contributed by atoms with van der Waals surface area (Å²) in [4.78, 5) is 37.9. The van der Waals surface area contributed by atoms with Crippen molar-refractivity contribution in [2.45, 2.75) is 26.2 Å². The monoisotopic (exact) mass is 344 g/mol. The fourth-order valence-corrected chi connectivity index (χ4v) is 6.08. The third-order valence-electron chi connectivity index (χ3n) is 7.03. The van der Waals surface area contributed by atoms with Crippen LogP contribution < -0.4 is 0 Å². The van der Waals surface area contributed by atoms with Crippen LogP contribution in [0.4, 0.5) is 0 Å². The minimum Gasteiger partial charge on any atom is -0.469 e. The summed E-state index contributed by atoms with van der Waals surface area (Å²) in [5, 5.41) is 0. The molecule has 0 aromatic rings. The Morgan fingerprint density at radius 3 is 2.80 bits per heavy atom. The van der Waals surface area contributed by atoms with Gasteiger partial charge >= 0.3 is 11.9 Å². The molecule has 1 saturated heterocycles. The number of fused-ring (bicyclic) bond motifs is 4. The molecule has 0 aromatic carbocycles. The van der Waals surface area contributed by atoms with Crippen LogP contribution in [0.5, 0.6) is 0 Å². The molecule has 0 aromatic heterocycles. The van der Waals surface area contributed by atoms with E-state index in [0.717, 1.165) is 17.6 Å². The Bertz CT molecular complexity index is 777. The Morgan fingerprint density at radius 1 is 1.24 bits per heavy atom. The van der Waals surface area contributed by atoms with Gasteiger partial charge in [-0.2, -0.15) is 0 Å². The number of cyclic esters (lactones) is 2. The molecular formula is C19H20O6. The Hall–Kier alpha value is -2.11. The van der Waals surface area contributed by atoms with Gasteiger partial charge in [0.05, 0.1) is 24.4 Å². The van der Waals surface area contributed by atoms with Crippen LogP contribution in [-0.2, 0) is 28.6 Å². The number of hydrogen-bond acceptors (Lipinski definition) is 6. The van der Waals surface area contributed by atoms with Crippen LogP contribution in [0.2, 0.25) is 0 Å². The third kappa shape index (κ3) is 1.63. The summed E-state index contributed by atoms with van der Waals surface area (Å²) in [6, 6.07) is 0. The minimum atomic E-state index is -0.724. The highest BCUT2D eigenvalue weighted by atomic mass is 16.7. The molecule has 0 N–H and O–H groups in total. The number of carbonyl (C=O) groups excluding carboxylic acids is 3. The van der Waals surface area contributed by atoms with Gasteiger partial charge in [0.15, 0.2) is 0 Å². The first kappa shape index (κ1) is 15.2. The molecule has 6 heteroatoms. The molecule has 1 spiro atoms. The molecule has 132 valence electrons. The lowest BCUT2D eigenvalue weighted by Gasteiger charge is -2.50. The second-order valence-electron chi connectivity index (χ2n) is 7.88. The number of carbonyl (C=O) groups is 3. The van der Waals surface area contributed by atoms with Crippen molar-refractivity contribution in [3.05, 3.63) is 23.2 Å². The average molecular weight is 344 g/mol. The normalized spacial score (nSPS) is 44.5. The highest BCUT2D eigenvalue weighted by molar-refractivity contribution is 6.00. The molecule has 0 radical (unpaired) electrons. The van der Waals surface area contributed by atoms with E-state index in [4.69, 9.17) is 14.2 Å². The molecule has 3 aliphatic carbocycles. The number of allylic oxidation sites excluding steroid dienone is 1. The number of hydrogen-bond donors (Lipinski definition) is 0. The fourth-order valence-electron chi connectivity index (χ4n) is 6.08. The Morgan fingerprint density at radius 2 is 2.04 bits per heavy atom. The van der Waals surface area contributed by atoms with Gasteiger partial charge in [0.25, 0.3) is 5.95 Å². The lowest BCUT2D eigenvalue weighted by molar-refractivity contribution is -0.154. The van der Waals surface area contributed by atoms with Gasteiger partial charge in [-0.3, -0.25) is 14.4 Å². The summed E-state index contributed by atoms with van der Waals surface area (Å²) < 4.78 is 16.2. The molecule has 5 rings (SSSR count). The van der Waals surface area contributed by atoms with E-state index in [-0.39, 0.29) is 17.6 Å². The Labute approximate surface area is 145 Å². The molecule has 2 heterocycles. The van der Waals surface area contributed by atoms with Crippen LogP contribution in [0, 0.1) is 35.0 Å². The van der Waals surface area contributed by atoms with Gasteiger partial charge in [-0.05, 0) is 25.7 Å². The maximum absolute atomic E-state index is 13.1. The number of ether oxygens (including phenoxy) is 3. The van der Waals surface area contributed by atoms with Crippen molar-refractivity contribution < 1.29 is 28.6 Å². The second kappa shape index (κ2) is 4.74. The van der Waals surface area contributed by atoms with E-state index in [2.05, 4.69) is 6.08 Å². The van der Waals surface area contributed by atoms with Crippen molar-refractivity contribution in [3.8, 4) is 0 Å². The number of Topliss-reactive ketones (excluding diaryl/α,β-unsaturated/α-hetero) is 1. The van der Waals surface area contributed by atoms with E-state index in [1.807, 2.05) is 6.92 Å². The van der Waals surface area contributed by atoms with Crippen molar-refractivity contribution >= 4 is 17.7 Å². The number of esters is 2. The lowest BCUT2D eigenvalue weighted by Crippen LogP contribution is -2.53. The first-order valence-corrected chi connectivity index (χ1v) is 8.88. The average Bonchev–Trinajstić information content (AvgIpc) is 3.22. The quantitative estimate of drug-likeness (QED) is 0.410. The van der Waals surface area contributed by atoms with E-state index in [1.165, 1.54) is 7.11 Å². The molecule has 6 nitrogen and oxygen atoms in total. The van der Waals surface area contributed by atoms with E-state index in [9.17, 15) is 14.4 Å². The van der Waals surface area contributed by atoms with E-state index in [0.29, 0.717) is 25.4 Å². The van der Waals surface area contributed by atoms with Gasteiger partial charge in [-0.1, -0.05) is 11.6 Å². The SMILES string of the molecule is COC1=C2C(CO1)C(C)=C[C@@]13C(=O)CC[C@@H]1C[C@H]1C(=O)OC(=O)[C@H]1[C@H]23. The van der Waals surface area contributed by atoms with Gasteiger partial charge in [0.2, 0.25) is 0 Å². The molecule has 6 atom stereocenters. The predicted molar refractivity (Wildman–Crippen MR) is 83.6 cm³/mol. The van der Waals surface area contributed by atoms with Gasteiger partial charge in [-0.25, -0.2) is 0 Å². The molecule has 2 aliphatic heterocycles. The number of rotatable bonds is 1. The topological polar surface area (TPSA) is 78.9 Å². The van der Waals surface area contributed by atoms with Crippen LogP contribution in [0.15, 0.2) is 23.2 Å². The Balaban J connectivity index is 1.79. The smallest absolute Gasteiger partial charge is 0.318 e. The first-order valence-electron chi connectivity index (χ1n) is 8.88. The maximum atomic E-state index is 13.1. The lowest BCUT2D eigenvalue weighted by atomic mass is 9.49. The molecule has 2 saturated carbocycles. The van der Waals surface area contributed by atoms with E-state index < -0.39 is 35.1 Å². The van der Waals surface area contributed by atoms with Crippen LogP contribution in [0.1, 0.15) is 26.2 Å². The van der Waals surface area contributed by atoms with Crippen molar-refractivity contribution in [1.29, 1.82) is 0 Å². The standard InChI is InChI=1S/C19H20O6/c1-8-6-19-9(3-4-12(19)20)5-10-13(17(22)25-16(10)21)15(19)14-11(8)7-24-18(14)23-2/h6,9-11,13,15H,3-5,7H2,1-2H3/t9-,10-,11?,13-,15-,19+/m1/s1. The number of ketones is 1. The van der Waals surface area contributed by atoms with Crippen LogP contribution in [0.25, 0.3) is 0 Å². The zero-order valence-corrected chi connectivity index (χ0v) is 14.2. The second-order valence-corrected chi connectivity index (χ2v) is 7.88. The minimum absolute atomic E-state index is 0.00174. The number of methoxy groups -OCH3 is 1. The summed E-state index contributed by atoms with van der Waals surface area (Å²) >= 11 is 0. The van der Waals surface area contributed by atoms with Crippen molar-refractivity contribution in [2.24, 2.45) is 35.0 Å². The zero-order chi connectivity index (χ0) is 17.5. The highest BCUT2D eigenvalue weighted by Gasteiger charge is 2.69. The van der Waals surface area contributed by atoms with Gasteiger partial charge < -0.3 is 14.2 Å². The molecule has 1 unspecified atom stereocenters. The first-order chi connectivity index (χ1) is 12.0. The third-order valence-corrected chi connectivity index (χ3v) is 7.03. The summed E-state index contributed by atoms with van der Waals surface area (Å²) in [5.41, 5.74) is 1.25. The summed E-state index contributed by atoms with van der Waals surface area (Å²) in [6.07, 6.45) is 3.88. The zero-order valence-electron chi connectivity index (χ0n) is 14.2. The molecular weight excluding hydrogens is 324 g/mol. The molecule has 5 aliphatic rings. The predicted octanol–water partition coefficient (Wildman–Crippen LogP) is 1.75. The molecule has 0 bridgehead atoms. The molecule has 0 amide bonds. The fraction of sp³-hybridized carbons (Fsp3) is 0.632. The van der Waals surface area contributed by atoms with Crippen LogP contribution in [0.3, 0.4) is 0 Å². The van der Waals surface area contributed by atoms with Crippen molar-refractivity contribution in [2.75, 3.05) is 13.7 Å². The molecule has 3 fully saturated rings.